The lowest BCUT2D eigenvalue weighted by Gasteiger charge is -1.93. The van der Waals surface area contributed by atoms with E-state index in [1.165, 1.54) is 6.20 Å². The molecule has 0 bridgehead atoms. The van der Waals surface area contributed by atoms with Crippen molar-refractivity contribution in [3.8, 4) is 17.9 Å². The van der Waals surface area contributed by atoms with E-state index in [1.807, 2.05) is 6.07 Å². The van der Waals surface area contributed by atoms with Crippen LogP contribution in [-0.4, -0.2) is 10.9 Å². The maximum atomic E-state index is 8.67. The van der Waals surface area contributed by atoms with Gasteiger partial charge in [0.1, 0.15) is 11.2 Å². The van der Waals surface area contributed by atoms with Crippen LogP contribution in [0.1, 0.15) is 17.5 Å². The van der Waals surface area contributed by atoms with E-state index >= 15 is 0 Å². The Morgan fingerprint density at radius 1 is 1.50 bits per heavy atom. The molecule has 4 heteroatoms. The summed E-state index contributed by atoms with van der Waals surface area (Å²) in [7, 11) is 0. The Labute approximate surface area is 92.5 Å². The Morgan fingerprint density at radius 3 is 2.93 bits per heavy atom. The van der Waals surface area contributed by atoms with Crippen LogP contribution in [-0.2, 0) is 0 Å². The van der Waals surface area contributed by atoms with Gasteiger partial charge in [0.15, 0.2) is 0 Å². The summed E-state index contributed by atoms with van der Waals surface area (Å²) in [6.45, 7) is 0. The molecule has 0 aliphatic heterocycles. The van der Waals surface area contributed by atoms with E-state index < -0.39 is 0 Å². The number of alkyl halides is 1. The fraction of sp³-hybridized carbons (Fsp3) is 0.200. The third kappa shape index (κ3) is 2.92. The quantitative estimate of drug-likeness (QED) is 0.418. The first-order valence-electron chi connectivity index (χ1n) is 3.88. The largest absolute Gasteiger partial charge is 0.242 e. The number of aromatic nitrogens is 1. The number of hydrogen-bond donors (Lipinski definition) is 0. The van der Waals surface area contributed by atoms with E-state index in [1.54, 1.807) is 6.07 Å². The molecule has 0 saturated heterocycles. The van der Waals surface area contributed by atoms with E-state index in [0.717, 1.165) is 0 Å². The van der Waals surface area contributed by atoms with Gasteiger partial charge in [-0.05, 0) is 6.07 Å². The average Bonchev–Trinajstić information content (AvgIpc) is 2.21. The van der Waals surface area contributed by atoms with Gasteiger partial charge < -0.3 is 0 Å². The molecule has 0 radical (unpaired) electrons. The SMILES string of the molecule is N#Cc1cc(C#CCCCl)cnc1Cl. The van der Waals surface area contributed by atoms with Gasteiger partial charge in [-0.15, -0.1) is 11.6 Å². The van der Waals surface area contributed by atoms with Crippen molar-refractivity contribution in [2.45, 2.75) is 6.42 Å². The fourth-order valence-electron chi connectivity index (χ4n) is 0.807. The lowest BCUT2D eigenvalue weighted by molar-refractivity contribution is 1.27. The van der Waals surface area contributed by atoms with Crippen LogP contribution in [0.5, 0.6) is 0 Å². The number of nitriles is 1. The molecule has 1 rings (SSSR count). The first kappa shape index (κ1) is 10.9. The van der Waals surface area contributed by atoms with E-state index in [0.29, 0.717) is 23.4 Å². The fourth-order valence-corrected chi connectivity index (χ4v) is 1.05. The van der Waals surface area contributed by atoms with E-state index in [2.05, 4.69) is 16.8 Å². The Bertz CT molecular complexity index is 424. The van der Waals surface area contributed by atoms with Crippen molar-refractivity contribution >= 4 is 23.2 Å². The zero-order chi connectivity index (χ0) is 10.4. The number of nitrogens with zero attached hydrogens (tertiary/aromatic N) is 2. The highest BCUT2D eigenvalue weighted by Crippen LogP contribution is 2.12. The minimum atomic E-state index is 0.204. The standard InChI is InChI=1S/C10H6Cl2N2/c11-4-2-1-3-8-5-9(6-13)10(12)14-7-8/h5,7H,2,4H2. The molecule has 1 aromatic rings. The summed E-state index contributed by atoms with van der Waals surface area (Å²) in [4.78, 5) is 3.84. The minimum Gasteiger partial charge on any atom is -0.242 e. The Kier molecular flexibility index (Phi) is 4.26. The smallest absolute Gasteiger partial charge is 0.146 e. The zero-order valence-electron chi connectivity index (χ0n) is 7.22. The molecule has 0 spiro atoms. The van der Waals surface area contributed by atoms with Gasteiger partial charge in [0.25, 0.3) is 0 Å². The van der Waals surface area contributed by atoms with E-state index in [9.17, 15) is 0 Å². The topological polar surface area (TPSA) is 36.7 Å². The lowest BCUT2D eigenvalue weighted by Crippen LogP contribution is -1.85. The van der Waals surface area contributed by atoms with Crippen molar-refractivity contribution in [2.24, 2.45) is 0 Å². The maximum Gasteiger partial charge on any atom is 0.146 e. The lowest BCUT2D eigenvalue weighted by atomic mass is 10.2. The van der Waals surface area contributed by atoms with E-state index in [4.69, 9.17) is 28.5 Å². The molecular weight excluding hydrogens is 219 g/mol. The van der Waals surface area contributed by atoms with E-state index in [-0.39, 0.29) is 5.15 Å². The summed E-state index contributed by atoms with van der Waals surface area (Å²) < 4.78 is 0. The first-order chi connectivity index (χ1) is 6.77. The molecule has 14 heavy (non-hydrogen) atoms. The zero-order valence-corrected chi connectivity index (χ0v) is 8.73. The van der Waals surface area contributed by atoms with Crippen LogP contribution >= 0.6 is 23.2 Å². The highest BCUT2D eigenvalue weighted by Gasteiger charge is 2.00. The maximum absolute atomic E-state index is 8.67. The number of hydrogen-bond acceptors (Lipinski definition) is 2. The summed E-state index contributed by atoms with van der Waals surface area (Å²) in [6, 6.07) is 3.55. The van der Waals surface area contributed by atoms with Gasteiger partial charge in [0.05, 0.1) is 5.56 Å². The van der Waals surface area contributed by atoms with Crippen LogP contribution in [0.2, 0.25) is 5.15 Å². The molecule has 0 amide bonds. The molecule has 0 N–H and O–H groups in total. The van der Waals surface area contributed by atoms with Crippen LogP contribution in [0.25, 0.3) is 0 Å². The second-order valence-corrected chi connectivity index (χ2v) is 3.15. The van der Waals surface area contributed by atoms with Crippen LogP contribution in [0.4, 0.5) is 0 Å². The van der Waals surface area contributed by atoms with Crippen LogP contribution < -0.4 is 0 Å². The van der Waals surface area contributed by atoms with Crippen molar-refractivity contribution < 1.29 is 0 Å². The Hall–Kier alpha value is -1.22. The number of halogens is 2. The molecule has 1 heterocycles. The van der Waals surface area contributed by atoms with Crippen LogP contribution in [0.15, 0.2) is 12.3 Å². The van der Waals surface area contributed by atoms with Gasteiger partial charge in [0, 0.05) is 24.1 Å². The molecule has 70 valence electrons. The van der Waals surface area contributed by atoms with Gasteiger partial charge in [-0.25, -0.2) is 4.98 Å². The molecule has 0 atom stereocenters. The monoisotopic (exact) mass is 224 g/mol. The van der Waals surface area contributed by atoms with Gasteiger partial charge in [-0.3, -0.25) is 0 Å². The molecule has 0 fully saturated rings. The molecular formula is C10H6Cl2N2. The highest BCUT2D eigenvalue weighted by atomic mass is 35.5. The van der Waals surface area contributed by atoms with Crippen LogP contribution in [0.3, 0.4) is 0 Å². The second-order valence-electron chi connectivity index (χ2n) is 2.41. The van der Waals surface area contributed by atoms with Crippen molar-refractivity contribution in [1.29, 1.82) is 5.26 Å². The Balaban J connectivity index is 2.93. The minimum absolute atomic E-state index is 0.204. The summed E-state index contributed by atoms with van der Waals surface area (Å²) in [5.41, 5.74) is 1.01. The normalized spacial score (nSPS) is 8.64. The summed E-state index contributed by atoms with van der Waals surface area (Å²) in [5.74, 6) is 6.19. The molecule has 2 nitrogen and oxygen atoms in total. The van der Waals surface area contributed by atoms with Crippen molar-refractivity contribution in [2.75, 3.05) is 5.88 Å². The molecule has 1 aromatic heterocycles. The third-order valence-electron chi connectivity index (χ3n) is 1.41. The van der Waals surface area contributed by atoms with Crippen molar-refractivity contribution in [1.82, 2.24) is 4.98 Å². The summed E-state index contributed by atoms with van der Waals surface area (Å²) in [6.07, 6.45) is 2.15. The van der Waals surface area contributed by atoms with Crippen molar-refractivity contribution in [3.63, 3.8) is 0 Å². The van der Waals surface area contributed by atoms with Crippen LogP contribution in [0, 0.1) is 23.2 Å². The number of rotatable bonds is 1. The Morgan fingerprint density at radius 2 is 2.29 bits per heavy atom. The highest BCUT2D eigenvalue weighted by molar-refractivity contribution is 6.30. The van der Waals surface area contributed by atoms with Gasteiger partial charge >= 0.3 is 0 Å². The van der Waals surface area contributed by atoms with Gasteiger partial charge in [0.2, 0.25) is 0 Å². The summed E-state index contributed by atoms with van der Waals surface area (Å²) in [5, 5.41) is 8.87. The first-order valence-corrected chi connectivity index (χ1v) is 4.79. The molecule has 0 saturated carbocycles. The third-order valence-corrected chi connectivity index (χ3v) is 1.90. The molecule has 0 aromatic carbocycles. The predicted octanol–water partition coefficient (Wildman–Crippen LogP) is 2.59. The molecule has 0 aliphatic rings. The van der Waals surface area contributed by atoms with Gasteiger partial charge in [-0.2, -0.15) is 5.26 Å². The molecule has 0 aliphatic carbocycles. The average molecular weight is 225 g/mol. The summed E-state index contributed by atoms with van der Waals surface area (Å²) >= 11 is 11.1. The predicted molar refractivity (Wildman–Crippen MR) is 56.2 cm³/mol. The van der Waals surface area contributed by atoms with Crippen molar-refractivity contribution in [3.05, 3.63) is 28.5 Å². The second kappa shape index (κ2) is 5.50. The number of pyridine rings is 1. The van der Waals surface area contributed by atoms with Gasteiger partial charge in [-0.1, -0.05) is 23.4 Å². The molecule has 0 unspecified atom stereocenters.